The maximum atomic E-state index is 13.1. The second-order valence-corrected chi connectivity index (χ2v) is 5.38. The van der Waals surface area contributed by atoms with Crippen molar-refractivity contribution in [3.05, 3.63) is 35.1 Å². The first-order valence-corrected chi connectivity index (χ1v) is 7.27. The van der Waals surface area contributed by atoms with Gasteiger partial charge in [-0.2, -0.15) is 0 Å². The first-order chi connectivity index (χ1) is 8.19. The second-order valence-electron chi connectivity index (χ2n) is 4.73. The van der Waals surface area contributed by atoms with Gasteiger partial charge in [0.15, 0.2) is 0 Å². The predicted octanol–water partition coefficient (Wildman–Crippen LogP) is 4.01. The number of ether oxygens (including phenoxy) is 1. The molecule has 1 fully saturated rings. The predicted molar refractivity (Wildman–Crippen MR) is 71.1 cm³/mol. The van der Waals surface area contributed by atoms with Crippen LogP contribution in [0.4, 0.5) is 4.39 Å². The van der Waals surface area contributed by atoms with Gasteiger partial charge in [0.1, 0.15) is 5.82 Å². The average Bonchev–Trinajstić information content (AvgIpc) is 2.79. The van der Waals surface area contributed by atoms with Crippen LogP contribution in [0.25, 0.3) is 0 Å². The van der Waals surface area contributed by atoms with Gasteiger partial charge in [-0.15, -0.1) is 0 Å². The molecular weight excluding hydrogens is 283 g/mol. The van der Waals surface area contributed by atoms with E-state index < -0.39 is 0 Å². The fraction of sp³-hybridized carbons (Fsp3) is 0.571. The highest BCUT2D eigenvalue weighted by atomic mass is 79.9. The van der Waals surface area contributed by atoms with Crippen LogP contribution in [0.2, 0.25) is 0 Å². The molecule has 0 aliphatic carbocycles. The fourth-order valence-corrected chi connectivity index (χ4v) is 2.77. The zero-order valence-corrected chi connectivity index (χ0v) is 11.7. The maximum Gasteiger partial charge on any atom is 0.126 e. The van der Waals surface area contributed by atoms with Crippen molar-refractivity contribution in [2.45, 2.75) is 44.8 Å². The lowest BCUT2D eigenvalue weighted by Crippen LogP contribution is -2.12. The summed E-state index contributed by atoms with van der Waals surface area (Å²) in [6.07, 6.45) is 5.07. The van der Waals surface area contributed by atoms with E-state index in [2.05, 4.69) is 15.9 Å². The van der Waals surface area contributed by atoms with Crippen LogP contribution in [-0.2, 0) is 11.2 Å². The van der Waals surface area contributed by atoms with Gasteiger partial charge in [0, 0.05) is 5.33 Å². The summed E-state index contributed by atoms with van der Waals surface area (Å²) in [5, 5.41) is 0.930. The standard InChI is InChI=1S/C14H18BrFO/c1-10-8-11(3-7-14(10)16)2-4-12-5-6-13(9-15)17-12/h3,7-8,12-13H,2,4-6,9H2,1H3. The summed E-state index contributed by atoms with van der Waals surface area (Å²) < 4.78 is 19.0. The van der Waals surface area contributed by atoms with E-state index in [1.54, 1.807) is 6.07 Å². The first-order valence-electron chi connectivity index (χ1n) is 6.15. The average molecular weight is 301 g/mol. The van der Waals surface area contributed by atoms with E-state index in [0.717, 1.165) is 36.6 Å². The number of hydrogen-bond donors (Lipinski definition) is 0. The normalized spacial score (nSPS) is 24.2. The highest BCUT2D eigenvalue weighted by Crippen LogP contribution is 2.24. The summed E-state index contributed by atoms with van der Waals surface area (Å²) in [6, 6.07) is 5.37. The molecule has 17 heavy (non-hydrogen) atoms. The molecule has 2 atom stereocenters. The van der Waals surface area contributed by atoms with Gasteiger partial charge >= 0.3 is 0 Å². The van der Waals surface area contributed by atoms with Gasteiger partial charge in [-0.05, 0) is 49.8 Å². The van der Waals surface area contributed by atoms with Gasteiger partial charge in [0.25, 0.3) is 0 Å². The monoisotopic (exact) mass is 300 g/mol. The largest absolute Gasteiger partial charge is 0.374 e. The molecule has 3 heteroatoms. The van der Waals surface area contributed by atoms with Crippen LogP contribution in [0.5, 0.6) is 0 Å². The number of aryl methyl sites for hydroxylation is 2. The van der Waals surface area contributed by atoms with Crippen LogP contribution in [0, 0.1) is 12.7 Å². The molecule has 0 bridgehead atoms. The summed E-state index contributed by atoms with van der Waals surface area (Å²) in [4.78, 5) is 0. The number of rotatable bonds is 4. The molecule has 0 aromatic heterocycles. The van der Waals surface area contributed by atoms with Crippen LogP contribution in [-0.4, -0.2) is 17.5 Å². The van der Waals surface area contributed by atoms with Crippen LogP contribution in [0.3, 0.4) is 0 Å². The Morgan fingerprint density at radius 1 is 1.35 bits per heavy atom. The molecular formula is C14H18BrFO. The molecule has 0 amide bonds. The smallest absolute Gasteiger partial charge is 0.126 e. The van der Waals surface area contributed by atoms with E-state index >= 15 is 0 Å². The quantitative estimate of drug-likeness (QED) is 0.764. The minimum absolute atomic E-state index is 0.120. The van der Waals surface area contributed by atoms with Gasteiger partial charge in [-0.3, -0.25) is 0 Å². The van der Waals surface area contributed by atoms with Gasteiger partial charge in [-0.25, -0.2) is 4.39 Å². The SMILES string of the molecule is Cc1cc(CCC2CCC(CBr)O2)ccc1F. The van der Waals surface area contributed by atoms with E-state index in [1.807, 2.05) is 19.1 Å². The molecule has 1 heterocycles. The summed E-state index contributed by atoms with van der Waals surface area (Å²) in [7, 11) is 0. The van der Waals surface area contributed by atoms with Crippen LogP contribution in [0.1, 0.15) is 30.4 Å². The third-order valence-corrected chi connectivity index (χ3v) is 4.07. The lowest BCUT2D eigenvalue weighted by Gasteiger charge is -2.12. The summed E-state index contributed by atoms with van der Waals surface area (Å²) in [5.41, 5.74) is 1.93. The molecule has 1 nitrogen and oxygen atoms in total. The lowest BCUT2D eigenvalue weighted by molar-refractivity contribution is 0.0543. The molecule has 1 saturated heterocycles. The van der Waals surface area contributed by atoms with Gasteiger partial charge in [0.05, 0.1) is 12.2 Å². The highest BCUT2D eigenvalue weighted by molar-refractivity contribution is 9.09. The van der Waals surface area contributed by atoms with Gasteiger partial charge in [0.2, 0.25) is 0 Å². The Balaban J connectivity index is 1.84. The third kappa shape index (κ3) is 3.52. The van der Waals surface area contributed by atoms with E-state index in [0.29, 0.717) is 12.2 Å². The van der Waals surface area contributed by atoms with E-state index in [1.165, 1.54) is 5.56 Å². The molecule has 1 aromatic carbocycles. The lowest BCUT2D eigenvalue weighted by atomic mass is 10.0. The molecule has 0 saturated carbocycles. The summed E-state index contributed by atoms with van der Waals surface area (Å²) in [5.74, 6) is -0.120. The topological polar surface area (TPSA) is 9.23 Å². The van der Waals surface area contributed by atoms with Crippen molar-refractivity contribution in [1.29, 1.82) is 0 Å². The molecule has 1 aromatic rings. The number of hydrogen-bond acceptors (Lipinski definition) is 1. The Kier molecular flexibility index (Phi) is 4.57. The number of benzene rings is 1. The van der Waals surface area contributed by atoms with Crippen molar-refractivity contribution in [3.8, 4) is 0 Å². The van der Waals surface area contributed by atoms with Crippen molar-refractivity contribution in [3.63, 3.8) is 0 Å². The molecule has 1 aliphatic rings. The second kappa shape index (κ2) is 5.96. The minimum Gasteiger partial charge on any atom is -0.374 e. The molecule has 94 valence electrons. The Morgan fingerprint density at radius 3 is 2.76 bits per heavy atom. The van der Waals surface area contributed by atoms with Gasteiger partial charge in [-0.1, -0.05) is 28.1 Å². The van der Waals surface area contributed by atoms with Crippen molar-refractivity contribution in [2.24, 2.45) is 0 Å². The molecule has 0 radical (unpaired) electrons. The van der Waals surface area contributed by atoms with Crippen LogP contribution < -0.4 is 0 Å². The van der Waals surface area contributed by atoms with Gasteiger partial charge < -0.3 is 4.74 Å². The van der Waals surface area contributed by atoms with Crippen LogP contribution in [0.15, 0.2) is 18.2 Å². The first kappa shape index (κ1) is 13.0. The Morgan fingerprint density at radius 2 is 2.12 bits per heavy atom. The number of halogens is 2. The molecule has 2 unspecified atom stereocenters. The van der Waals surface area contributed by atoms with E-state index in [9.17, 15) is 4.39 Å². The third-order valence-electron chi connectivity index (χ3n) is 3.34. The van der Waals surface area contributed by atoms with Crippen molar-refractivity contribution < 1.29 is 9.13 Å². The van der Waals surface area contributed by atoms with Crippen molar-refractivity contribution >= 4 is 15.9 Å². The van der Waals surface area contributed by atoms with Crippen molar-refractivity contribution in [2.75, 3.05) is 5.33 Å². The van der Waals surface area contributed by atoms with Crippen molar-refractivity contribution in [1.82, 2.24) is 0 Å². The molecule has 2 rings (SSSR count). The fourth-order valence-electron chi connectivity index (χ4n) is 2.30. The minimum atomic E-state index is -0.120. The zero-order chi connectivity index (χ0) is 12.3. The Labute approximate surface area is 110 Å². The highest BCUT2D eigenvalue weighted by Gasteiger charge is 2.23. The Bertz CT molecular complexity index is 380. The summed E-state index contributed by atoms with van der Waals surface area (Å²) >= 11 is 3.45. The van der Waals surface area contributed by atoms with E-state index in [-0.39, 0.29) is 5.82 Å². The zero-order valence-electron chi connectivity index (χ0n) is 10.1. The molecule has 0 spiro atoms. The van der Waals surface area contributed by atoms with E-state index in [4.69, 9.17) is 4.74 Å². The Hall–Kier alpha value is -0.410. The maximum absolute atomic E-state index is 13.1. The number of alkyl halides is 1. The molecule has 0 N–H and O–H groups in total. The van der Waals surface area contributed by atoms with Crippen LogP contribution >= 0.6 is 15.9 Å². The molecule has 1 aliphatic heterocycles. The summed E-state index contributed by atoms with van der Waals surface area (Å²) in [6.45, 7) is 1.81.